The number of H-pyrrole nitrogens is 1. The van der Waals surface area contributed by atoms with Crippen molar-refractivity contribution < 1.29 is 35.9 Å². The first-order chi connectivity index (χ1) is 25.3. The Kier molecular flexibility index (Phi) is 10.6. The fourth-order valence-corrected chi connectivity index (χ4v) is 7.20. The molecule has 0 fully saturated rings. The second-order valence-electron chi connectivity index (χ2n) is 13.0. The molecule has 13 heteroatoms. The summed E-state index contributed by atoms with van der Waals surface area (Å²) in [6, 6.07) is 31.1. The summed E-state index contributed by atoms with van der Waals surface area (Å²) in [6.45, 7) is -1.43. The summed E-state index contributed by atoms with van der Waals surface area (Å²) in [6.07, 6.45) is -7.14. The Balaban J connectivity index is 0.00000497. The van der Waals surface area contributed by atoms with Crippen molar-refractivity contribution in [3.63, 3.8) is 0 Å². The summed E-state index contributed by atoms with van der Waals surface area (Å²) >= 11 is 0. The van der Waals surface area contributed by atoms with E-state index in [0.29, 0.717) is 64.1 Å². The number of benzene rings is 5. The molecule has 0 saturated heterocycles. The molecule has 5 aromatic carbocycles. The van der Waals surface area contributed by atoms with Crippen molar-refractivity contribution in [2.75, 3.05) is 11.9 Å². The number of hydrogen-bond acceptors (Lipinski definition) is 3. The van der Waals surface area contributed by atoms with E-state index in [0.717, 1.165) is 23.3 Å². The molecule has 7 rings (SSSR count). The minimum atomic E-state index is -4.56. The molecule has 1 aliphatic rings. The van der Waals surface area contributed by atoms with Gasteiger partial charge in [-0.3, -0.25) is 9.59 Å². The Bertz CT molecular complexity index is 2270. The molecule has 0 spiro atoms. The van der Waals surface area contributed by atoms with E-state index in [1.165, 1.54) is 12.1 Å². The van der Waals surface area contributed by atoms with Crippen LogP contribution in [-0.4, -0.2) is 34.5 Å². The molecule has 2 amide bonds. The van der Waals surface area contributed by atoms with Crippen molar-refractivity contribution in [2.24, 2.45) is 0 Å². The number of hydrogen-bond donors (Lipinski definition) is 3. The lowest BCUT2D eigenvalue weighted by Crippen LogP contribution is -2.47. The average molecular weight is 763 g/mol. The van der Waals surface area contributed by atoms with Gasteiger partial charge in [0.15, 0.2) is 0 Å². The highest BCUT2D eigenvalue weighted by Gasteiger charge is 2.49. The van der Waals surface area contributed by atoms with Crippen LogP contribution in [0.2, 0.25) is 0 Å². The van der Waals surface area contributed by atoms with E-state index in [1.54, 1.807) is 54.6 Å². The third kappa shape index (κ3) is 7.56. The van der Waals surface area contributed by atoms with Crippen LogP contribution in [0.15, 0.2) is 115 Å². The number of carbonyl (C=O) groups excluding carboxylic acids is 2. The fraction of sp³-hybridized carbons (Fsp3) is 0.195. The monoisotopic (exact) mass is 762 g/mol. The van der Waals surface area contributed by atoms with Crippen molar-refractivity contribution in [2.45, 2.75) is 43.5 Å². The van der Waals surface area contributed by atoms with Crippen molar-refractivity contribution in [3.8, 4) is 22.3 Å². The van der Waals surface area contributed by atoms with Gasteiger partial charge in [0.05, 0.1) is 16.6 Å². The van der Waals surface area contributed by atoms with Crippen molar-refractivity contribution in [1.29, 1.82) is 0 Å². The van der Waals surface area contributed by atoms with Gasteiger partial charge in [-0.05, 0) is 82.6 Å². The number of amides is 2. The Morgan fingerprint density at radius 1 is 0.722 bits per heavy atom. The van der Waals surface area contributed by atoms with E-state index in [9.17, 15) is 35.9 Å². The van der Waals surface area contributed by atoms with Gasteiger partial charge in [-0.2, -0.15) is 26.3 Å². The maximum absolute atomic E-state index is 13.8. The minimum absolute atomic E-state index is 0. The van der Waals surface area contributed by atoms with Crippen LogP contribution in [0.1, 0.15) is 52.1 Å². The number of unbranched alkanes of at least 4 members (excludes halogenated alkanes) is 1. The van der Waals surface area contributed by atoms with E-state index < -0.39 is 41.7 Å². The number of anilines is 1. The highest BCUT2D eigenvalue weighted by atomic mass is 35.5. The third-order valence-corrected chi connectivity index (χ3v) is 9.60. The highest BCUT2D eigenvalue weighted by molar-refractivity contribution is 6.09. The minimum Gasteiger partial charge on any atom is -0.346 e. The lowest BCUT2D eigenvalue weighted by atomic mass is 9.73. The van der Waals surface area contributed by atoms with E-state index >= 15 is 0 Å². The number of aromatic amines is 1. The number of aromatic nitrogens is 2. The van der Waals surface area contributed by atoms with E-state index in [1.807, 2.05) is 36.4 Å². The van der Waals surface area contributed by atoms with Crippen LogP contribution in [0, 0.1) is 0 Å². The van der Waals surface area contributed by atoms with Crippen molar-refractivity contribution in [3.05, 3.63) is 143 Å². The lowest BCUT2D eigenvalue weighted by molar-refractivity contribution is -0.141. The third-order valence-electron chi connectivity index (χ3n) is 9.60. The molecule has 0 atom stereocenters. The average Bonchev–Trinajstić information content (AvgIpc) is 3.68. The largest absolute Gasteiger partial charge is 0.416 e. The predicted octanol–water partition coefficient (Wildman–Crippen LogP) is 10.3. The van der Waals surface area contributed by atoms with Gasteiger partial charge in [-0.1, -0.05) is 85.3 Å². The molecule has 1 aromatic heterocycles. The van der Waals surface area contributed by atoms with Gasteiger partial charge in [0.25, 0.3) is 5.91 Å². The summed E-state index contributed by atoms with van der Waals surface area (Å²) in [5.41, 5.74) is 3.98. The number of fused-ring (bicyclic) bond motifs is 4. The zero-order valence-electron chi connectivity index (χ0n) is 28.4. The number of halogens is 7. The lowest BCUT2D eigenvalue weighted by Gasteiger charge is -2.31. The van der Waals surface area contributed by atoms with Gasteiger partial charge < -0.3 is 15.6 Å². The molecule has 6 nitrogen and oxygen atoms in total. The first-order valence-corrected chi connectivity index (χ1v) is 16.9. The quantitative estimate of drug-likeness (QED) is 0.0959. The predicted molar refractivity (Wildman–Crippen MR) is 197 cm³/mol. The number of alkyl halides is 6. The normalized spacial score (nSPS) is 13.1. The summed E-state index contributed by atoms with van der Waals surface area (Å²) in [5, 5.41) is 5.03. The highest BCUT2D eigenvalue weighted by Crippen LogP contribution is 2.51. The van der Waals surface area contributed by atoms with Crippen molar-refractivity contribution >= 4 is 40.9 Å². The maximum Gasteiger partial charge on any atom is 0.416 e. The van der Waals surface area contributed by atoms with E-state index in [-0.39, 0.29) is 24.4 Å². The SMILES string of the molecule is Cl.O=C(Nc1ccc2nc(CCCCC3(C(=O)NCC(F)(F)F)c4ccccc4-c4ccccc43)[nH]c2c1)c1ccccc1-c1ccc(C(F)(F)F)cc1. The molecule has 0 bridgehead atoms. The maximum atomic E-state index is 13.8. The van der Waals surface area contributed by atoms with E-state index in [4.69, 9.17) is 0 Å². The molecule has 54 heavy (non-hydrogen) atoms. The molecule has 1 heterocycles. The van der Waals surface area contributed by atoms with Crippen LogP contribution in [0.4, 0.5) is 32.0 Å². The van der Waals surface area contributed by atoms with Gasteiger partial charge in [0.1, 0.15) is 17.8 Å². The fourth-order valence-electron chi connectivity index (χ4n) is 7.20. The second kappa shape index (κ2) is 15.0. The molecule has 6 aromatic rings. The zero-order chi connectivity index (χ0) is 37.4. The number of imidazole rings is 1. The first-order valence-electron chi connectivity index (χ1n) is 16.9. The van der Waals surface area contributed by atoms with Crippen LogP contribution in [0.3, 0.4) is 0 Å². The summed E-state index contributed by atoms with van der Waals surface area (Å²) in [4.78, 5) is 35.1. The first kappa shape index (κ1) is 38.1. The molecule has 0 radical (unpaired) electrons. The summed E-state index contributed by atoms with van der Waals surface area (Å²) < 4.78 is 78.9. The molecule has 278 valence electrons. The molecule has 3 N–H and O–H groups in total. The number of carbonyl (C=O) groups is 2. The smallest absolute Gasteiger partial charge is 0.346 e. The Hall–Kier alpha value is -5.62. The molecule has 0 unspecified atom stereocenters. The summed E-state index contributed by atoms with van der Waals surface area (Å²) in [5.74, 6) is -0.464. The van der Waals surface area contributed by atoms with Crippen molar-refractivity contribution in [1.82, 2.24) is 15.3 Å². The molecular weight excluding hydrogens is 730 g/mol. The summed E-state index contributed by atoms with van der Waals surface area (Å²) in [7, 11) is 0. The topological polar surface area (TPSA) is 86.9 Å². The Morgan fingerprint density at radius 2 is 1.33 bits per heavy atom. The van der Waals surface area contributed by atoms with Crippen LogP contribution in [0.5, 0.6) is 0 Å². The second-order valence-corrected chi connectivity index (χ2v) is 13.0. The number of nitrogens with one attached hydrogen (secondary N) is 3. The van der Waals surface area contributed by atoms with Crippen LogP contribution < -0.4 is 10.6 Å². The Morgan fingerprint density at radius 3 is 1.96 bits per heavy atom. The van der Waals surface area contributed by atoms with Gasteiger partial charge in [-0.25, -0.2) is 4.98 Å². The van der Waals surface area contributed by atoms with E-state index in [2.05, 4.69) is 20.6 Å². The van der Waals surface area contributed by atoms with Gasteiger partial charge >= 0.3 is 12.4 Å². The molecule has 1 aliphatic carbocycles. The Labute approximate surface area is 312 Å². The van der Waals surface area contributed by atoms with Gasteiger partial charge in [0, 0.05) is 17.7 Å². The van der Waals surface area contributed by atoms with Crippen LogP contribution >= 0.6 is 12.4 Å². The van der Waals surface area contributed by atoms with Gasteiger partial charge in [0.2, 0.25) is 5.91 Å². The zero-order valence-corrected chi connectivity index (χ0v) is 29.3. The standard InChI is InChI=1S/C41H32F6N4O2.ClH/c42-40(43,44)24-48-38(53)39(32-13-5-3-10-29(32)30-11-4-6-14-33(30)39)22-8-7-15-36-50-34-21-20-27(23-35(34)51-36)49-37(52)31-12-2-1-9-28(31)25-16-18-26(19-17-25)41(45,46)47;/h1-6,9-14,16-21,23H,7-8,15,22,24H2,(H,48,53)(H,49,52)(H,50,51);1H. The van der Waals surface area contributed by atoms with Crippen LogP contribution in [0.25, 0.3) is 33.3 Å². The molecule has 0 saturated carbocycles. The van der Waals surface area contributed by atoms with Crippen LogP contribution in [-0.2, 0) is 22.8 Å². The molecule has 0 aliphatic heterocycles. The molecular formula is C41H33ClF6N4O2. The number of aryl methyl sites for hydroxylation is 1. The van der Waals surface area contributed by atoms with Gasteiger partial charge in [-0.15, -0.1) is 12.4 Å². The number of rotatable bonds is 10. The number of nitrogens with zero attached hydrogens (tertiary/aromatic N) is 1.